The van der Waals surface area contributed by atoms with Crippen LogP contribution in [0.25, 0.3) is 11.4 Å². The molecule has 14 heavy (non-hydrogen) atoms. The summed E-state index contributed by atoms with van der Waals surface area (Å²) in [6.45, 7) is 4.18. The van der Waals surface area contributed by atoms with E-state index < -0.39 is 0 Å². The van der Waals surface area contributed by atoms with Crippen LogP contribution in [0.15, 0.2) is 16.8 Å². The number of anilines is 1. The van der Waals surface area contributed by atoms with Gasteiger partial charge in [0, 0.05) is 28.5 Å². The molecule has 1 N–H and O–H groups in total. The maximum atomic E-state index is 4.40. The third kappa shape index (κ3) is 2.10. The normalized spacial score (nSPS) is 10.8. The highest BCUT2D eigenvalue weighted by Crippen LogP contribution is 2.23. The van der Waals surface area contributed by atoms with Gasteiger partial charge in [0.15, 0.2) is 5.82 Å². The third-order valence-corrected chi connectivity index (χ3v) is 2.95. The average Bonchev–Trinajstić information content (AvgIpc) is 2.69. The first kappa shape index (κ1) is 9.61. The Labute approximate surface area is 91.0 Å². The number of nitrogens with zero attached hydrogens (tertiary/aromatic N) is 2. The van der Waals surface area contributed by atoms with Gasteiger partial charge in [0.25, 0.3) is 0 Å². The molecule has 0 aliphatic rings. The van der Waals surface area contributed by atoms with Gasteiger partial charge in [-0.1, -0.05) is 0 Å². The summed E-state index contributed by atoms with van der Waals surface area (Å²) in [4.78, 5) is 4.40. The number of rotatable bonds is 3. The first-order chi connectivity index (χ1) is 6.75. The zero-order valence-corrected chi connectivity index (χ0v) is 9.65. The highest BCUT2D eigenvalue weighted by atomic mass is 32.1. The molecule has 0 saturated carbocycles. The van der Waals surface area contributed by atoms with E-state index in [9.17, 15) is 0 Å². The van der Waals surface area contributed by atoms with Crippen molar-refractivity contribution < 1.29 is 0 Å². The average molecular weight is 225 g/mol. The topological polar surface area (TPSA) is 37.8 Å². The van der Waals surface area contributed by atoms with Crippen LogP contribution < -0.4 is 5.32 Å². The molecule has 0 radical (unpaired) electrons. The molecular weight excluding hydrogens is 214 g/mol. The van der Waals surface area contributed by atoms with Gasteiger partial charge in [-0.2, -0.15) is 20.7 Å². The summed E-state index contributed by atoms with van der Waals surface area (Å²) in [6, 6.07) is 2.43. The predicted octanol–water partition coefficient (Wildman–Crippen LogP) is 3.09. The van der Waals surface area contributed by atoms with Gasteiger partial charge in [0.05, 0.1) is 0 Å². The summed E-state index contributed by atoms with van der Waals surface area (Å²) in [6.07, 6.45) is 0. The van der Waals surface area contributed by atoms with Gasteiger partial charge in [-0.15, -0.1) is 0 Å². The quantitative estimate of drug-likeness (QED) is 0.872. The predicted molar refractivity (Wildman–Crippen MR) is 62.0 cm³/mol. The Bertz CT molecular complexity index is 392. The molecular formula is C9H11N3S2. The van der Waals surface area contributed by atoms with Gasteiger partial charge >= 0.3 is 0 Å². The van der Waals surface area contributed by atoms with Crippen LogP contribution >= 0.6 is 22.9 Å². The van der Waals surface area contributed by atoms with Crippen LogP contribution in [0, 0.1) is 0 Å². The van der Waals surface area contributed by atoms with Crippen LogP contribution in [-0.2, 0) is 0 Å². The van der Waals surface area contributed by atoms with Crippen LogP contribution in [-0.4, -0.2) is 15.4 Å². The van der Waals surface area contributed by atoms with Crippen LogP contribution in [0.4, 0.5) is 5.13 Å². The van der Waals surface area contributed by atoms with E-state index in [0.717, 1.165) is 16.5 Å². The molecule has 3 nitrogen and oxygen atoms in total. The van der Waals surface area contributed by atoms with E-state index in [-0.39, 0.29) is 0 Å². The molecule has 0 amide bonds. The first-order valence-electron chi connectivity index (χ1n) is 4.38. The third-order valence-electron chi connectivity index (χ3n) is 1.62. The number of thiophene rings is 1. The monoisotopic (exact) mass is 225 g/mol. The second-order valence-electron chi connectivity index (χ2n) is 3.23. The minimum atomic E-state index is 0.401. The SMILES string of the molecule is CC(C)Nc1nc(-c2ccsc2)ns1. The lowest BCUT2D eigenvalue weighted by Crippen LogP contribution is -2.08. The molecule has 0 spiro atoms. The summed E-state index contributed by atoms with van der Waals surface area (Å²) in [5, 5.41) is 8.22. The van der Waals surface area contributed by atoms with Gasteiger partial charge in [-0.3, -0.25) is 0 Å². The highest BCUT2D eigenvalue weighted by molar-refractivity contribution is 7.10. The Morgan fingerprint density at radius 3 is 2.93 bits per heavy atom. The second-order valence-corrected chi connectivity index (χ2v) is 4.77. The van der Waals surface area contributed by atoms with E-state index in [1.807, 2.05) is 11.4 Å². The minimum Gasteiger partial charge on any atom is -0.358 e. The summed E-state index contributed by atoms with van der Waals surface area (Å²) >= 11 is 3.07. The minimum absolute atomic E-state index is 0.401. The summed E-state index contributed by atoms with van der Waals surface area (Å²) in [5.41, 5.74) is 1.10. The standard InChI is InChI=1S/C9H11N3S2/c1-6(2)10-9-11-8(12-14-9)7-3-4-13-5-7/h3-6H,1-2H3,(H,10,11,12). The van der Waals surface area contributed by atoms with E-state index in [0.29, 0.717) is 6.04 Å². The van der Waals surface area contributed by atoms with Gasteiger partial charge in [-0.05, 0) is 25.3 Å². The van der Waals surface area contributed by atoms with Crippen LogP contribution in [0.3, 0.4) is 0 Å². The molecule has 2 aromatic rings. The number of aromatic nitrogens is 2. The Kier molecular flexibility index (Phi) is 2.79. The van der Waals surface area contributed by atoms with Gasteiger partial charge in [0.2, 0.25) is 5.13 Å². The molecule has 2 rings (SSSR count). The zero-order chi connectivity index (χ0) is 9.97. The van der Waals surface area contributed by atoms with E-state index in [4.69, 9.17) is 0 Å². The Balaban J connectivity index is 2.18. The highest BCUT2D eigenvalue weighted by Gasteiger charge is 2.06. The van der Waals surface area contributed by atoms with Gasteiger partial charge in [-0.25, -0.2) is 0 Å². The van der Waals surface area contributed by atoms with Crippen molar-refractivity contribution >= 4 is 28.0 Å². The molecule has 0 saturated heterocycles. The van der Waals surface area contributed by atoms with E-state index in [2.05, 4.69) is 33.9 Å². The molecule has 0 unspecified atom stereocenters. The van der Waals surface area contributed by atoms with Crippen molar-refractivity contribution in [3.05, 3.63) is 16.8 Å². The van der Waals surface area contributed by atoms with Gasteiger partial charge in [0.1, 0.15) is 0 Å². The van der Waals surface area contributed by atoms with Gasteiger partial charge < -0.3 is 5.32 Å². The van der Waals surface area contributed by atoms with Crippen molar-refractivity contribution in [2.75, 3.05) is 5.32 Å². The fourth-order valence-corrected chi connectivity index (χ4v) is 2.41. The fraction of sp³-hybridized carbons (Fsp3) is 0.333. The van der Waals surface area contributed by atoms with Crippen molar-refractivity contribution in [3.63, 3.8) is 0 Å². The molecule has 0 bridgehead atoms. The largest absolute Gasteiger partial charge is 0.358 e. The lowest BCUT2D eigenvalue weighted by Gasteiger charge is -2.03. The smallest absolute Gasteiger partial charge is 0.203 e. The van der Waals surface area contributed by atoms with Crippen molar-refractivity contribution in [1.29, 1.82) is 0 Å². The second kappa shape index (κ2) is 4.06. The summed E-state index contributed by atoms with van der Waals surface area (Å²) in [7, 11) is 0. The molecule has 2 heterocycles. The number of nitrogens with one attached hydrogen (secondary N) is 1. The molecule has 0 aliphatic carbocycles. The van der Waals surface area contributed by atoms with E-state index in [1.165, 1.54) is 11.5 Å². The lowest BCUT2D eigenvalue weighted by molar-refractivity contribution is 0.896. The lowest BCUT2D eigenvalue weighted by atomic mass is 10.3. The van der Waals surface area contributed by atoms with Crippen LogP contribution in [0.5, 0.6) is 0 Å². The maximum absolute atomic E-state index is 4.40. The Hall–Kier alpha value is -0.940. The maximum Gasteiger partial charge on any atom is 0.203 e. The van der Waals surface area contributed by atoms with Crippen molar-refractivity contribution in [3.8, 4) is 11.4 Å². The zero-order valence-electron chi connectivity index (χ0n) is 8.02. The van der Waals surface area contributed by atoms with Crippen molar-refractivity contribution in [2.24, 2.45) is 0 Å². The molecule has 5 heteroatoms. The number of hydrogen-bond acceptors (Lipinski definition) is 5. The van der Waals surface area contributed by atoms with Crippen molar-refractivity contribution in [2.45, 2.75) is 19.9 Å². The molecule has 2 aromatic heterocycles. The van der Waals surface area contributed by atoms with Crippen molar-refractivity contribution in [1.82, 2.24) is 9.36 Å². The fourth-order valence-electron chi connectivity index (χ4n) is 1.04. The molecule has 0 atom stereocenters. The van der Waals surface area contributed by atoms with E-state index >= 15 is 0 Å². The van der Waals surface area contributed by atoms with Crippen LogP contribution in [0.1, 0.15) is 13.8 Å². The molecule has 0 aliphatic heterocycles. The number of hydrogen-bond donors (Lipinski definition) is 1. The Morgan fingerprint density at radius 2 is 2.29 bits per heavy atom. The van der Waals surface area contributed by atoms with Crippen LogP contribution in [0.2, 0.25) is 0 Å². The molecule has 0 fully saturated rings. The first-order valence-corrected chi connectivity index (χ1v) is 6.10. The summed E-state index contributed by atoms with van der Waals surface area (Å²) in [5.74, 6) is 0.819. The molecule has 74 valence electrons. The summed E-state index contributed by atoms with van der Waals surface area (Å²) < 4.78 is 4.29. The van der Waals surface area contributed by atoms with E-state index in [1.54, 1.807) is 11.3 Å². The molecule has 0 aromatic carbocycles. The Morgan fingerprint density at radius 1 is 1.43 bits per heavy atom.